The Labute approximate surface area is 124 Å². The Morgan fingerprint density at radius 2 is 2.05 bits per heavy atom. The fourth-order valence-corrected chi connectivity index (χ4v) is 2.08. The van der Waals surface area contributed by atoms with Crippen LogP contribution < -0.4 is 5.32 Å². The van der Waals surface area contributed by atoms with Gasteiger partial charge in [0, 0.05) is 28.1 Å². The lowest BCUT2D eigenvalue weighted by atomic mass is 10.1. The summed E-state index contributed by atoms with van der Waals surface area (Å²) >= 11 is 3.30. The summed E-state index contributed by atoms with van der Waals surface area (Å²) in [5.74, 6) is -0.788. The van der Waals surface area contributed by atoms with Crippen molar-refractivity contribution in [1.29, 1.82) is 0 Å². The summed E-state index contributed by atoms with van der Waals surface area (Å²) in [5.41, 5.74) is 1.26. The highest BCUT2D eigenvalue weighted by Crippen LogP contribution is 2.23. The van der Waals surface area contributed by atoms with Gasteiger partial charge in [0.1, 0.15) is 5.82 Å². The van der Waals surface area contributed by atoms with Gasteiger partial charge in [-0.25, -0.2) is 9.18 Å². The molecule has 1 unspecified atom stereocenters. The van der Waals surface area contributed by atoms with Gasteiger partial charge in [0.05, 0.1) is 7.11 Å². The number of hydrogen-bond donors (Lipinski definition) is 1. The van der Waals surface area contributed by atoms with E-state index in [9.17, 15) is 9.18 Å². The molecule has 1 aromatic carbocycles. The van der Waals surface area contributed by atoms with Crippen LogP contribution in [0.1, 0.15) is 11.6 Å². The Morgan fingerprint density at radius 1 is 1.35 bits per heavy atom. The number of halogens is 2. The lowest BCUT2D eigenvalue weighted by molar-refractivity contribution is -0.141. The zero-order valence-corrected chi connectivity index (χ0v) is 12.2. The summed E-state index contributed by atoms with van der Waals surface area (Å²) in [6.45, 7) is 0. The van der Waals surface area contributed by atoms with Crippen molar-refractivity contribution >= 4 is 27.6 Å². The summed E-state index contributed by atoms with van der Waals surface area (Å²) < 4.78 is 18.4. The molecule has 0 bridgehead atoms. The SMILES string of the molecule is COC(=O)C(Nc1ccc(F)cc1)c1cncc(Br)c1. The van der Waals surface area contributed by atoms with Crippen LogP contribution in [0.4, 0.5) is 10.1 Å². The molecule has 0 amide bonds. The number of anilines is 1. The van der Waals surface area contributed by atoms with Crippen molar-refractivity contribution in [3.05, 3.63) is 58.6 Å². The van der Waals surface area contributed by atoms with E-state index in [1.807, 2.05) is 0 Å². The first kappa shape index (κ1) is 14.5. The van der Waals surface area contributed by atoms with Crippen LogP contribution in [0.15, 0.2) is 47.2 Å². The average Bonchev–Trinajstić information content (AvgIpc) is 2.46. The summed E-state index contributed by atoms with van der Waals surface area (Å²) in [4.78, 5) is 15.9. The Kier molecular flexibility index (Phi) is 4.68. The normalized spacial score (nSPS) is 11.8. The van der Waals surface area contributed by atoms with E-state index in [2.05, 4.69) is 26.2 Å². The second-order valence-electron chi connectivity index (χ2n) is 4.04. The third-order valence-electron chi connectivity index (χ3n) is 2.65. The minimum atomic E-state index is -0.713. The van der Waals surface area contributed by atoms with E-state index in [4.69, 9.17) is 4.74 Å². The summed E-state index contributed by atoms with van der Waals surface area (Å²) in [6, 6.07) is 6.79. The predicted octanol–water partition coefficient (Wildman–Crippen LogP) is 3.31. The molecule has 0 aliphatic carbocycles. The van der Waals surface area contributed by atoms with Gasteiger partial charge < -0.3 is 10.1 Å². The monoisotopic (exact) mass is 338 g/mol. The Morgan fingerprint density at radius 3 is 2.65 bits per heavy atom. The fourth-order valence-electron chi connectivity index (χ4n) is 1.70. The molecule has 2 rings (SSSR count). The average molecular weight is 339 g/mol. The third-order valence-corrected chi connectivity index (χ3v) is 3.09. The maximum Gasteiger partial charge on any atom is 0.333 e. The van der Waals surface area contributed by atoms with Crippen LogP contribution in [-0.2, 0) is 9.53 Å². The van der Waals surface area contributed by atoms with Gasteiger partial charge in [-0.2, -0.15) is 0 Å². The highest BCUT2D eigenvalue weighted by atomic mass is 79.9. The zero-order valence-electron chi connectivity index (χ0n) is 10.6. The molecule has 2 aromatic rings. The van der Waals surface area contributed by atoms with Crippen molar-refractivity contribution < 1.29 is 13.9 Å². The number of rotatable bonds is 4. The van der Waals surface area contributed by atoms with Crippen molar-refractivity contribution in [3.63, 3.8) is 0 Å². The first-order valence-electron chi connectivity index (χ1n) is 5.80. The van der Waals surface area contributed by atoms with E-state index >= 15 is 0 Å². The van der Waals surface area contributed by atoms with Gasteiger partial charge in [-0.15, -0.1) is 0 Å². The summed E-state index contributed by atoms with van der Waals surface area (Å²) in [5, 5.41) is 3.00. The van der Waals surface area contributed by atoms with Crippen LogP contribution in [0.5, 0.6) is 0 Å². The molecule has 4 nitrogen and oxygen atoms in total. The second kappa shape index (κ2) is 6.47. The highest BCUT2D eigenvalue weighted by Gasteiger charge is 2.21. The van der Waals surface area contributed by atoms with Crippen LogP contribution in [0.2, 0.25) is 0 Å². The number of methoxy groups -OCH3 is 1. The van der Waals surface area contributed by atoms with Crippen LogP contribution in [-0.4, -0.2) is 18.1 Å². The minimum absolute atomic E-state index is 0.339. The number of pyridine rings is 1. The number of carbonyl (C=O) groups excluding carboxylic acids is 1. The first-order valence-corrected chi connectivity index (χ1v) is 6.60. The molecule has 104 valence electrons. The molecule has 1 heterocycles. The zero-order chi connectivity index (χ0) is 14.5. The molecule has 0 saturated carbocycles. The number of ether oxygens (including phenoxy) is 1. The van der Waals surface area contributed by atoms with Gasteiger partial charge in [-0.1, -0.05) is 0 Å². The van der Waals surface area contributed by atoms with Gasteiger partial charge in [0.2, 0.25) is 0 Å². The van der Waals surface area contributed by atoms with Gasteiger partial charge in [-0.3, -0.25) is 4.98 Å². The van der Waals surface area contributed by atoms with Crippen molar-refractivity contribution in [1.82, 2.24) is 4.98 Å². The van der Waals surface area contributed by atoms with E-state index in [0.717, 1.165) is 4.47 Å². The maximum absolute atomic E-state index is 12.9. The second-order valence-corrected chi connectivity index (χ2v) is 4.96. The van der Waals surface area contributed by atoms with Gasteiger partial charge in [-0.05, 0) is 46.3 Å². The highest BCUT2D eigenvalue weighted by molar-refractivity contribution is 9.10. The van der Waals surface area contributed by atoms with E-state index in [0.29, 0.717) is 11.3 Å². The van der Waals surface area contributed by atoms with Gasteiger partial charge >= 0.3 is 5.97 Å². The Balaban J connectivity index is 2.28. The van der Waals surface area contributed by atoms with Crippen LogP contribution in [0, 0.1) is 5.82 Å². The molecule has 20 heavy (non-hydrogen) atoms. The molecular weight excluding hydrogens is 327 g/mol. The third kappa shape index (κ3) is 3.54. The van der Waals surface area contributed by atoms with Crippen molar-refractivity contribution in [2.45, 2.75) is 6.04 Å². The molecule has 0 radical (unpaired) electrons. The molecule has 6 heteroatoms. The minimum Gasteiger partial charge on any atom is -0.467 e. The quantitative estimate of drug-likeness (QED) is 0.869. The molecule has 0 fully saturated rings. The summed E-state index contributed by atoms with van der Waals surface area (Å²) in [7, 11) is 1.31. The topological polar surface area (TPSA) is 51.2 Å². The molecule has 0 aliphatic heterocycles. The van der Waals surface area contributed by atoms with Gasteiger partial charge in [0.25, 0.3) is 0 Å². The summed E-state index contributed by atoms with van der Waals surface area (Å²) in [6.07, 6.45) is 3.19. The lowest BCUT2D eigenvalue weighted by Gasteiger charge is -2.18. The van der Waals surface area contributed by atoms with E-state index in [-0.39, 0.29) is 5.82 Å². The Hall–Kier alpha value is -1.95. The van der Waals surface area contributed by atoms with Crippen LogP contribution in [0.3, 0.4) is 0 Å². The number of esters is 1. The number of benzene rings is 1. The molecule has 1 aromatic heterocycles. The largest absolute Gasteiger partial charge is 0.467 e. The molecule has 0 aliphatic rings. The van der Waals surface area contributed by atoms with E-state index in [1.54, 1.807) is 30.6 Å². The number of nitrogens with one attached hydrogen (secondary N) is 1. The fraction of sp³-hybridized carbons (Fsp3) is 0.143. The lowest BCUT2D eigenvalue weighted by Crippen LogP contribution is -2.22. The standard InChI is InChI=1S/C14H12BrFN2O2/c1-20-14(19)13(9-6-10(15)8-17-7-9)18-12-4-2-11(16)3-5-12/h2-8,13,18H,1H3. The molecule has 1 atom stereocenters. The van der Waals surface area contributed by atoms with Gasteiger partial charge in [0.15, 0.2) is 6.04 Å². The Bertz CT molecular complexity index is 604. The van der Waals surface area contributed by atoms with E-state index < -0.39 is 12.0 Å². The smallest absolute Gasteiger partial charge is 0.333 e. The number of hydrogen-bond acceptors (Lipinski definition) is 4. The molecular formula is C14H12BrFN2O2. The molecule has 0 saturated heterocycles. The van der Waals surface area contributed by atoms with E-state index in [1.165, 1.54) is 19.2 Å². The van der Waals surface area contributed by atoms with Crippen LogP contribution in [0.25, 0.3) is 0 Å². The first-order chi connectivity index (χ1) is 9.60. The number of aromatic nitrogens is 1. The van der Waals surface area contributed by atoms with Crippen molar-refractivity contribution in [2.24, 2.45) is 0 Å². The predicted molar refractivity (Wildman–Crippen MR) is 76.7 cm³/mol. The van der Waals surface area contributed by atoms with Crippen molar-refractivity contribution in [3.8, 4) is 0 Å². The number of carbonyl (C=O) groups is 1. The number of nitrogens with zero attached hydrogens (tertiary/aromatic N) is 1. The van der Waals surface area contributed by atoms with Crippen LogP contribution >= 0.6 is 15.9 Å². The maximum atomic E-state index is 12.9. The molecule has 0 spiro atoms. The van der Waals surface area contributed by atoms with Crippen molar-refractivity contribution in [2.75, 3.05) is 12.4 Å². The molecule has 1 N–H and O–H groups in total.